The van der Waals surface area contributed by atoms with Crippen LogP contribution in [0, 0.1) is 0 Å². The Hall–Kier alpha value is -2.56. The minimum absolute atomic E-state index is 0.0315. The number of anilines is 1. The molecule has 1 aromatic heterocycles. The largest absolute Gasteiger partial charge is 0.493 e. The van der Waals surface area contributed by atoms with Crippen LogP contribution < -0.4 is 14.8 Å². The molecule has 0 bridgehead atoms. The molecule has 0 saturated carbocycles. The molecule has 2 rings (SSSR count). The molecule has 0 aliphatic rings. The van der Waals surface area contributed by atoms with Gasteiger partial charge in [0.05, 0.1) is 14.2 Å². The van der Waals surface area contributed by atoms with Gasteiger partial charge in [0.15, 0.2) is 11.5 Å². The fourth-order valence-electron chi connectivity index (χ4n) is 1.95. The highest BCUT2D eigenvalue weighted by Crippen LogP contribution is 2.27. The minimum atomic E-state index is -0.0315. The van der Waals surface area contributed by atoms with E-state index < -0.39 is 0 Å². The molecular formula is C16H18N2O3. The first-order valence-corrected chi connectivity index (χ1v) is 6.63. The molecule has 0 atom stereocenters. The van der Waals surface area contributed by atoms with E-state index in [2.05, 4.69) is 10.3 Å². The second-order valence-electron chi connectivity index (χ2n) is 4.47. The zero-order chi connectivity index (χ0) is 15.1. The molecule has 1 heterocycles. The summed E-state index contributed by atoms with van der Waals surface area (Å²) in [6.45, 7) is 0. The second kappa shape index (κ2) is 7.28. The monoisotopic (exact) mass is 286 g/mol. The molecule has 0 unspecified atom stereocenters. The molecule has 5 heteroatoms. The topological polar surface area (TPSA) is 60.5 Å². The highest BCUT2D eigenvalue weighted by atomic mass is 16.5. The van der Waals surface area contributed by atoms with E-state index in [0.717, 1.165) is 11.3 Å². The average Bonchev–Trinajstić information content (AvgIpc) is 2.53. The maximum absolute atomic E-state index is 11.9. The van der Waals surface area contributed by atoms with Crippen LogP contribution in [-0.2, 0) is 11.2 Å². The molecule has 0 aliphatic carbocycles. The van der Waals surface area contributed by atoms with E-state index >= 15 is 0 Å². The van der Waals surface area contributed by atoms with Crippen molar-refractivity contribution in [1.82, 2.24) is 4.98 Å². The Bertz CT molecular complexity index is 600. The van der Waals surface area contributed by atoms with Crippen LogP contribution in [0.2, 0.25) is 0 Å². The van der Waals surface area contributed by atoms with Gasteiger partial charge in [0.2, 0.25) is 5.91 Å². The van der Waals surface area contributed by atoms with Crippen LogP contribution >= 0.6 is 0 Å². The highest BCUT2D eigenvalue weighted by molar-refractivity contribution is 5.90. The molecule has 0 saturated heterocycles. The molecule has 0 spiro atoms. The van der Waals surface area contributed by atoms with Crippen LogP contribution in [-0.4, -0.2) is 25.1 Å². The van der Waals surface area contributed by atoms with Gasteiger partial charge >= 0.3 is 0 Å². The number of nitrogens with zero attached hydrogens (tertiary/aromatic N) is 1. The van der Waals surface area contributed by atoms with E-state index in [1.54, 1.807) is 38.7 Å². The number of carbonyl (C=O) groups is 1. The Morgan fingerprint density at radius 2 is 1.81 bits per heavy atom. The van der Waals surface area contributed by atoms with Crippen molar-refractivity contribution < 1.29 is 14.3 Å². The lowest BCUT2D eigenvalue weighted by Gasteiger charge is -2.09. The third kappa shape index (κ3) is 4.21. The number of rotatable bonds is 6. The Labute approximate surface area is 123 Å². The van der Waals surface area contributed by atoms with Crippen LogP contribution in [0.5, 0.6) is 11.5 Å². The summed E-state index contributed by atoms with van der Waals surface area (Å²) in [6.07, 6.45) is 4.32. The lowest BCUT2D eigenvalue weighted by Crippen LogP contribution is -2.12. The number of ether oxygens (including phenoxy) is 2. The van der Waals surface area contributed by atoms with Crippen molar-refractivity contribution in [2.24, 2.45) is 0 Å². The van der Waals surface area contributed by atoms with Gasteiger partial charge in [-0.15, -0.1) is 0 Å². The van der Waals surface area contributed by atoms with Gasteiger partial charge in [-0.05, 0) is 36.2 Å². The van der Waals surface area contributed by atoms with Gasteiger partial charge in [-0.25, -0.2) is 0 Å². The number of nitrogens with one attached hydrogen (secondary N) is 1. The number of methoxy groups -OCH3 is 2. The number of carbonyl (C=O) groups excluding carboxylic acids is 1. The summed E-state index contributed by atoms with van der Waals surface area (Å²) in [5.41, 5.74) is 1.78. The summed E-state index contributed by atoms with van der Waals surface area (Å²) in [7, 11) is 3.19. The molecule has 1 aromatic carbocycles. The van der Waals surface area contributed by atoms with E-state index in [9.17, 15) is 4.79 Å². The lowest BCUT2D eigenvalue weighted by atomic mass is 10.1. The Morgan fingerprint density at radius 1 is 1.10 bits per heavy atom. The maximum Gasteiger partial charge on any atom is 0.224 e. The molecule has 1 N–H and O–H groups in total. The van der Waals surface area contributed by atoms with Gasteiger partial charge in [0.25, 0.3) is 0 Å². The lowest BCUT2D eigenvalue weighted by molar-refractivity contribution is -0.116. The fraction of sp³-hybridized carbons (Fsp3) is 0.250. The first-order valence-electron chi connectivity index (χ1n) is 6.63. The molecule has 1 amide bonds. The van der Waals surface area contributed by atoms with Crippen LogP contribution in [0.3, 0.4) is 0 Å². The third-order valence-corrected chi connectivity index (χ3v) is 3.05. The number of amides is 1. The van der Waals surface area contributed by atoms with Crippen molar-refractivity contribution >= 4 is 11.6 Å². The SMILES string of the molecule is COc1ccc(CCC(=O)Nc2ccncc2)cc1OC. The number of hydrogen-bond donors (Lipinski definition) is 1. The van der Waals surface area contributed by atoms with Crippen molar-refractivity contribution in [2.75, 3.05) is 19.5 Å². The standard InChI is InChI=1S/C16H18N2O3/c1-20-14-5-3-12(11-15(14)21-2)4-6-16(19)18-13-7-9-17-10-8-13/h3,5,7-11H,4,6H2,1-2H3,(H,17,18,19). The molecule has 2 aromatic rings. The van der Waals surface area contributed by atoms with E-state index in [4.69, 9.17) is 9.47 Å². The normalized spacial score (nSPS) is 10.0. The maximum atomic E-state index is 11.9. The minimum Gasteiger partial charge on any atom is -0.493 e. The number of aryl methyl sites for hydroxylation is 1. The summed E-state index contributed by atoms with van der Waals surface area (Å²) in [6, 6.07) is 9.18. The molecule has 0 radical (unpaired) electrons. The molecule has 0 aliphatic heterocycles. The number of hydrogen-bond acceptors (Lipinski definition) is 4. The quantitative estimate of drug-likeness (QED) is 0.887. The number of pyridine rings is 1. The van der Waals surface area contributed by atoms with Crippen molar-refractivity contribution in [2.45, 2.75) is 12.8 Å². The van der Waals surface area contributed by atoms with Crippen molar-refractivity contribution in [3.8, 4) is 11.5 Å². The van der Waals surface area contributed by atoms with E-state index in [0.29, 0.717) is 24.3 Å². The molecule has 110 valence electrons. The number of aromatic nitrogens is 1. The van der Waals surface area contributed by atoms with E-state index in [1.807, 2.05) is 18.2 Å². The molecule has 21 heavy (non-hydrogen) atoms. The van der Waals surface area contributed by atoms with Gasteiger partial charge in [-0.3, -0.25) is 9.78 Å². The Morgan fingerprint density at radius 3 is 2.48 bits per heavy atom. The summed E-state index contributed by atoms with van der Waals surface area (Å²) in [4.78, 5) is 15.8. The third-order valence-electron chi connectivity index (χ3n) is 3.05. The predicted molar refractivity (Wildman–Crippen MR) is 80.7 cm³/mol. The first kappa shape index (κ1) is 14.8. The smallest absolute Gasteiger partial charge is 0.224 e. The van der Waals surface area contributed by atoms with Gasteiger partial charge in [0.1, 0.15) is 0 Å². The summed E-state index contributed by atoms with van der Waals surface area (Å²) in [5.74, 6) is 1.32. The van der Waals surface area contributed by atoms with Gasteiger partial charge < -0.3 is 14.8 Å². The number of benzene rings is 1. The van der Waals surface area contributed by atoms with Crippen LogP contribution in [0.4, 0.5) is 5.69 Å². The molecule has 0 fully saturated rings. The Balaban J connectivity index is 1.92. The average molecular weight is 286 g/mol. The second-order valence-corrected chi connectivity index (χ2v) is 4.47. The first-order chi connectivity index (χ1) is 10.2. The van der Waals surface area contributed by atoms with Gasteiger partial charge in [-0.1, -0.05) is 6.07 Å². The molecule has 5 nitrogen and oxygen atoms in total. The molecular weight excluding hydrogens is 268 g/mol. The zero-order valence-electron chi connectivity index (χ0n) is 12.1. The zero-order valence-corrected chi connectivity index (χ0v) is 12.1. The highest BCUT2D eigenvalue weighted by Gasteiger charge is 2.07. The Kier molecular flexibility index (Phi) is 5.15. The van der Waals surface area contributed by atoms with Gasteiger partial charge in [0, 0.05) is 24.5 Å². The van der Waals surface area contributed by atoms with Gasteiger partial charge in [-0.2, -0.15) is 0 Å². The summed E-state index contributed by atoms with van der Waals surface area (Å²) >= 11 is 0. The van der Waals surface area contributed by atoms with E-state index in [1.165, 1.54) is 0 Å². The van der Waals surface area contributed by atoms with Crippen molar-refractivity contribution in [3.63, 3.8) is 0 Å². The van der Waals surface area contributed by atoms with Crippen LogP contribution in [0.1, 0.15) is 12.0 Å². The van der Waals surface area contributed by atoms with Crippen molar-refractivity contribution in [3.05, 3.63) is 48.3 Å². The summed E-state index contributed by atoms with van der Waals surface area (Å²) < 4.78 is 10.4. The summed E-state index contributed by atoms with van der Waals surface area (Å²) in [5, 5.41) is 2.83. The fourth-order valence-corrected chi connectivity index (χ4v) is 1.95. The van der Waals surface area contributed by atoms with E-state index in [-0.39, 0.29) is 5.91 Å². The van der Waals surface area contributed by atoms with Crippen LogP contribution in [0.25, 0.3) is 0 Å². The van der Waals surface area contributed by atoms with Crippen LogP contribution in [0.15, 0.2) is 42.7 Å². The predicted octanol–water partition coefficient (Wildman–Crippen LogP) is 2.67. The van der Waals surface area contributed by atoms with Crippen molar-refractivity contribution in [1.29, 1.82) is 0 Å².